The molecule has 0 aliphatic heterocycles. The highest BCUT2D eigenvalue weighted by Crippen LogP contribution is 2.12. The number of benzene rings is 1. The van der Waals surface area contributed by atoms with Crippen LogP contribution in [0.2, 0.25) is 0 Å². The van der Waals surface area contributed by atoms with Crippen LogP contribution in [0.4, 0.5) is 5.69 Å². The fourth-order valence-electron chi connectivity index (χ4n) is 1.88. The Morgan fingerprint density at radius 1 is 1.18 bits per heavy atom. The normalized spacial score (nSPS) is 11.8. The van der Waals surface area contributed by atoms with Crippen LogP contribution < -0.4 is 5.32 Å². The van der Waals surface area contributed by atoms with Crippen molar-refractivity contribution in [3.05, 3.63) is 53.5 Å². The summed E-state index contributed by atoms with van der Waals surface area (Å²) in [5.74, 6) is -0.345. The Balaban J connectivity index is 1.92. The Bertz CT molecular complexity index is 658. The monoisotopic (exact) mass is 301 g/mol. The summed E-state index contributed by atoms with van der Waals surface area (Å²) >= 11 is 0. The second-order valence-corrected chi connectivity index (χ2v) is 5.00. The van der Waals surface area contributed by atoms with Crippen molar-refractivity contribution < 1.29 is 18.7 Å². The van der Waals surface area contributed by atoms with Crippen molar-refractivity contribution in [1.82, 2.24) is 0 Å². The van der Waals surface area contributed by atoms with Crippen molar-refractivity contribution in [3.8, 4) is 0 Å². The third-order valence-electron chi connectivity index (χ3n) is 3.22. The lowest BCUT2D eigenvalue weighted by Gasteiger charge is -2.13. The van der Waals surface area contributed by atoms with Crippen LogP contribution in [0.3, 0.4) is 0 Å². The number of ether oxygens (including phenoxy) is 1. The highest BCUT2D eigenvalue weighted by atomic mass is 16.6. The van der Waals surface area contributed by atoms with Gasteiger partial charge in [-0.25, -0.2) is 4.79 Å². The maximum Gasteiger partial charge on any atom is 0.375 e. The molecule has 0 aliphatic carbocycles. The zero-order valence-electron chi connectivity index (χ0n) is 12.9. The average molecular weight is 301 g/mol. The first-order valence-corrected chi connectivity index (χ1v) is 7.17. The van der Waals surface area contributed by atoms with Crippen molar-refractivity contribution in [2.24, 2.45) is 0 Å². The highest BCUT2D eigenvalue weighted by Gasteiger charge is 2.20. The van der Waals surface area contributed by atoms with Gasteiger partial charge in [0.2, 0.25) is 5.76 Å². The molecule has 2 rings (SSSR count). The van der Waals surface area contributed by atoms with E-state index in [0.717, 1.165) is 6.42 Å². The quantitative estimate of drug-likeness (QED) is 0.860. The van der Waals surface area contributed by atoms with Crippen molar-refractivity contribution in [2.45, 2.75) is 33.3 Å². The Morgan fingerprint density at radius 3 is 2.41 bits per heavy atom. The van der Waals surface area contributed by atoms with Crippen molar-refractivity contribution in [2.75, 3.05) is 5.32 Å². The van der Waals surface area contributed by atoms with Gasteiger partial charge in [0.05, 0.1) is 0 Å². The predicted octanol–water partition coefficient (Wildman–Crippen LogP) is 3.33. The Morgan fingerprint density at radius 2 is 1.86 bits per heavy atom. The van der Waals surface area contributed by atoms with Crippen LogP contribution in [-0.2, 0) is 16.0 Å². The fraction of sp³-hybridized carbons (Fsp3) is 0.294. The van der Waals surface area contributed by atoms with E-state index in [2.05, 4.69) is 12.2 Å². The van der Waals surface area contributed by atoms with Gasteiger partial charge in [0.1, 0.15) is 5.76 Å². The van der Waals surface area contributed by atoms with Crippen LogP contribution in [0.15, 0.2) is 40.8 Å². The van der Waals surface area contributed by atoms with E-state index in [0.29, 0.717) is 11.4 Å². The van der Waals surface area contributed by atoms with Gasteiger partial charge in [-0.15, -0.1) is 0 Å². The van der Waals surface area contributed by atoms with Crippen LogP contribution >= 0.6 is 0 Å². The summed E-state index contributed by atoms with van der Waals surface area (Å²) in [5, 5.41) is 2.71. The molecule has 0 unspecified atom stereocenters. The van der Waals surface area contributed by atoms with Crippen molar-refractivity contribution in [3.63, 3.8) is 0 Å². The summed E-state index contributed by atoms with van der Waals surface area (Å²) < 4.78 is 10.2. The summed E-state index contributed by atoms with van der Waals surface area (Å²) in [6.45, 7) is 5.31. The van der Waals surface area contributed by atoms with Gasteiger partial charge >= 0.3 is 5.97 Å². The lowest BCUT2D eigenvalue weighted by molar-refractivity contribution is -0.123. The number of furan rings is 1. The minimum atomic E-state index is -0.913. The molecule has 0 spiro atoms. The lowest BCUT2D eigenvalue weighted by atomic mass is 10.1. The zero-order chi connectivity index (χ0) is 16.1. The zero-order valence-corrected chi connectivity index (χ0v) is 12.9. The molecule has 5 heteroatoms. The molecule has 1 N–H and O–H groups in total. The molecule has 0 fully saturated rings. The van der Waals surface area contributed by atoms with Gasteiger partial charge in [-0.2, -0.15) is 0 Å². The molecule has 116 valence electrons. The molecule has 1 heterocycles. The van der Waals surface area contributed by atoms with Gasteiger partial charge in [0.25, 0.3) is 5.91 Å². The summed E-state index contributed by atoms with van der Waals surface area (Å²) in [6.07, 6.45) is 0.0221. The van der Waals surface area contributed by atoms with Crippen molar-refractivity contribution in [1.29, 1.82) is 0 Å². The number of anilines is 1. The summed E-state index contributed by atoms with van der Waals surface area (Å²) in [5.41, 5.74) is 1.85. The molecule has 5 nitrogen and oxygen atoms in total. The first-order valence-electron chi connectivity index (χ1n) is 7.17. The number of aryl methyl sites for hydroxylation is 2. The van der Waals surface area contributed by atoms with E-state index in [-0.39, 0.29) is 11.7 Å². The molecule has 0 bridgehead atoms. The van der Waals surface area contributed by atoms with Gasteiger partial charge in [0, 0.05) is 5.69 Å². The van der Waals surface area contributed by atoms with Crippen LogP contribution in [0.1, 0.15) is 35.7 Å². The molecule has 0 aliphatic rings. The predicted molar refractivity (Wildman–Crippen MR) is 82.8 cm³/mol. The minimum Gasteiger partial charge on any atom is -0.454 e. The highest BCUT2D eigenvalue weighted by molar-refractivity contribution is 5.96. The van der Waals surface area contributed by atoms with Gasteiger partial charge in [-0.1, -0.05) is 19.1 Å². The van der Waals surface area contributed by atoms with Gasteiger partial charge in [-0.3, -0.25) is 4.79 Å². The smallest absolute Gasteiger partial charge is 0.375 e. The first kappa shape index (κ1) is 15.8. The number of esters is 1. The number of carbonyl (C=O) groups is 2. The SMILES string of the molecule is CCc1ccc(NC(=O)[C@H](C)OC(=O)c2ccc(C)o2)cc1. The van der Waals surface area contributed by atoms with Gasteiger partial charge in [0.15, 0.2) is 6.10 Å². The largest absolute Gasteiger partial charge is 0.454 e. The summed E-state index contributed by atoms with van der Waals surface area (Å²) in [7, 11) is 0. The van der Waals surface area contributed by atoms with Gasteiger partial charge in [-0.05, 0) is 50.1 Å². The molecule has 1 amide bonds. The fourth-order valence-corrected chi connectivity index (χ4v) is 1.88. The second-order valence-electron chi connectivity index (χ2n) is 5.00. The van der Waals surface area contributed by atoms with E-state index in [1.165, 1.54) is 18.6 Å². The van der Waals surface area contributed by atoms with Gasteiger partial charge < -0.3 is 14.5 Å². The molecule has 0 radical (unpaired) electrons. The molecule has 22 heavy (non-hydrogen) atoms. The maximum absolute atomic E-state index is 12.0. The second kappa shape index (κ2) is 6.93. The number of rotatable bonds is 5. The Kier molecular flexibility index (Phi) is 4.99. The van der Waals surface area contributed by atoms with E-state index in [1.54, 1.807) is 13.0 Å². The van der Waals surface area contributed by atoms with E-state index < -0.39 is 12.1 Å². The number of carbonyl (C=O) groups excluding carboxylic acids is 2. The third-order valence-corrected chi connectivity index (χ3v) is 3.22. The van der Waals surface area contributed by atoms with E-state index in [4.69, 9.17) is 9.15 Å². The molecule has 0 saturated heterocycles. The first-order chi connectivity index (χ1) is 10.5. The molecule has 2 aromatic rings. The average Bonchev–Trinajstić information content (AvgIpc) is 2.94. The molecule has 1 atom stereocenters. The third kappa shape index (κ3) is 3.97. The minimum absolute atomic E-state index is 0.0875. The lowest BCUT2D eigenvalue weighted by Crippen LogP contribution is -2.29. The van der Waals surface area contributed by atoms with Crippen molar-refractivity contribution >= 4 is 17.6 Å². The Hall–Kier alpha value is -2.56. The van der Waals surface area contributed by atoms with Crippen LogP contribution in [0, 0.1) is 6.92 Å². The molecule has 1 aromatic carbocycles. The summed E-state index contributed by atoms with van der Waals surface area (Å²) in [4.78, 5) is 23.8. The van der Waals surface area contributed by atoms with Crippen LogP contribution in [0.25, 0.3) is 0 Å². The maximum atomic E-state index is 12.0. The molecular weight excluding hydrogens is 282 g/mol. The molecule has 0 saturated carbocycles. The number of hydrogen-bond acceptors (Lipinski definition) is 4. The van der Waals surface area contributed by atoms with Crippen LogP contribution in [0.5, 0.6) is 0 Å². The summed E-state index contributed by atoms with van der Waals surface area (Å²) in [6, 6.07) is 10.7. The van der Waals surface area contributed by atoms with E-state index in [9.17, 15) is 9.59 Å². The van der Waals surface area contributed by atoms with E-state index in [1.807, 2.05) is 24.3 Å². The molecular formula is C17H19NO4. The number of nitrogens with one attached hydrogen (secondary N) is 1. The van der Waals surface area contributed by atoms with Crippen LogP contribution in [-0.4, -0.2) is 18.0 Å². The topological polar surface area (TPSA) is 68.5 Å². The van der Waals surface area contributed by atoms with E-state index >= 15 is 0 Å². The standard InChI is InChI=1S/C17H19NO4/c1-4-13-6-8-14(9-7-13)18-16(19)12(3)22-17(20)15-10-5-11(2)21-15/h5-10,12H,4H2,1-3H3,(H,18,19)/t12-/m0/s1. The Labute approximate surface area is 129 Å². The molecule has 1 aromatic heterocycles. The number of hydrogen-bond donors (Lipinski definition) is 1. The number of amides is 1.